The highest BCUT2D eigenvalue weighted by Crippen LogP contribution is 2.32. The Morgan fingerprint density at radius 1 is 1.04 bits per heavy atom. The summed E-state index contributed by atoms with van der Waals surface area (Å²) in [6.07, 6.45) is 5.30. The number of aromatic nitrogens is 1. The summed E-state index contributed by atoms with van der Waals surface area (Å²) in [7, 11) is -3.86. The molecule has 1 saturated carbocycles. The van der Waals surface area contributed by atoms with Crippen LogP contribution in [-0.2, 0) is 14.8 Å². The molecular formula is C18H26N4O5S. The highest BCUT2D eigenvalue weighted by molar-refractivity contribution is 7.89. The second kappa shape index (κ2) is 7.14. The van der Waals surface area contributed by atoms with E-state index in [0.717, 1.165) is 32.1 Å². The number of fused-ring (bicyclic) bond motifs is 1. The summed E-state index contributed by atoms with van der Waals surface area (Å²) < 4.78 is 32.7. The fourth-order valence-electron chi connectivity index (χ4n) is 4.66. The smallest absolute Gasteiger partial charge is 0.327 e. The first-order chi connectivity index (χ1) is 13.3. The average Bonchev–Trinajstić information content (AvgIpc) is 3.00. The van der Waals surface area contributed by atoms with Crippen LogP contribution in [0, 0.1) is 13.8 Å². The van der Waals surface area contributed by atoms with E-state index in [1.54, 1.807) is 18.7 Å². The van der Waals surface area contributed by atoms with Gasteiger partial charge in [0, 0.05) is 25.7 Å². The average molecular weight is 410 g/mol. The molecule has 0 spiro atoms. The third-order valence-corrected chi connectivity index (χ3v) is 8.15. The number of hydrogen-bond donors (Lipinski definition) is 0. The Bertz CT molecular complexity index is 870. The number of amides is 3. The Morgan fingerprint density at radius 2 is 1.75 bits per heavy atom. The molecule has 3 heterocycles. The van der Waals surface area contributed by atoms with Crippen LogP contribution in [0.2, 0.25) is 0 Å². The van der Waals surface area contributed by atoms with E-state index in [1.165, 1.54) is 9.21 Å². The lowest BCUT2D eigenvalue weighted by Crippen LogP contribution is -2.45. The minimum Gasteiger partial charge on any atom is -0.360 e. The molecule has 1 unspecified atom stereocenters. The molecule has 9 nitrogen and oxygen atoms in total. The fourth-order valence-corrected chi connectivity index (χ4v) is 6.43. The van der Waals surface area contributed by atoms with E-state index in [2.05, 4.69) is 5.16 Å². The van der Waals surface area contributed by atoms with E-state index in [1.807, 2.05) is 0 Å². The van der Waals surface area contributed by atoms with Crippen LogP contribution in [-0.4, -0.2) is 71.3 Å². The highest BCUT2D eigenvalue weighted by Gasteiger charge is 2.50. The monoisotopic (exact) mass is 410 g/mol. The minimum atomic E-state index is -3.86. The Hall–Kier alpha value is -1.94. The summed E-state index contributed by atoms with van der Waals surface area (Å²) in [5.41, 5.74) is 0.302. The van der Waals surface area contributed by atoms with E-state index in [9.17, 15) is 18.0 Å². The van der Waals surface area contributed by atoms with Gasteiger partial charge in [0.1, 0.15) is 16.6 Å². The zero-order chi connectivity index (χ0) is 20.1. The molecule has 3 amide bonds. The summed E-state index contributed by atoms with van der Waals surface area (Å²) in [5, 5.41) is 3.75. The molecule has 3 aliphatic rings. The van der Waals surface area contributed by atoms with Crippen LogP contribution in [0.5, 0.6) is 0 Å². The van der Waals surface area contributed by atoms with Gasteiger partial charge < -0.3 is 9.42 Å². The molecule has 28 heavy (non-hydrogen) atoms. The number of aryl methyl sites for hydroxylation is 2. The van der Waals surface area contributed by atoms with E-state index >= 15 is 0 Å². The van der Waals surface area contributed by atoms with Gasteiger partial charge in [0.25, 0.3) is 5.91 Å². The third-order valence-electron chi connectivity index (χ3n) is 6.04. The van der Waals surface area contributed by atoms with Crippen molar-refractivity contribution >= 4 is 22.0 Å². The Labute approximate surface area is 164 Å². The van der Waals surface area contributed by atoms with Crippen molar-refractivity contribution in [3.63, 3.8) is 0 Å². The van der Waals surface area contributed by atoms with Crippen LogP contribution >= 0.6 is 0 Å². The van der Waals surface area contributed by atoms with Gasteiger partial charge in [-0.2, -0.15) is 4.31 Å². The van der Waals surface area contributed by atoms with Crippen molar-refractivity contribution in [1.82, 2.24) is 19.3 Å². The van der Waals surface area contributed by atoms with Gasteiger partial charge in [-0.15, -0.1) is 0 Å². The molecule has 4 rings (SSSR count). The van der Waals surface area contributed by atoms with Gasteiger partial charge >= 0.3 is 6.03 Å². The van der Waals surface area contributed by atoms with Crippen molar-refractivity contribution in [1.29, 1.82) is 0 Å². The molecular weight excluding hydrogens is 384 g/mol. The van der Waals surface area contributed by atoms with Crippen LogP contribution in [0.3, 0.4) is 0 Å². The van der Waals surface area contributed by atoms with E-state index in [4.69, 9.17) is 4.52 Å². The first-order valence-corrected chi connectivity index (χ1v) is 11.3. The SMILES string of the molecule is Cc1noc(C)c1S(=O)(=O)N1CCCN2C(=O)N(C3CCCCC3)C(=O)C2C1. The molecule has 154 valence electrons. The third kappa shape index (κ3) is 3.02. The molecule has 1 aliphatic carbocycles. The lowest BCUT2D eigenvalue weighted by atomic mass is 9.94. The largest absolute Gasteiger partial charge is 0.360 e. The molecule has 0 aromatic carbocycles. The molecule has 1 aromatic rings. The maximum atomic E-state index is 13.2. The molecule has 10 heteroatoms. The number of urea groups is 1. The van der Waals surface area contributed by atoms with Gasteiger partial charge in [-0.1, -0.05) is 24.4 Å². The van der Waals surface area contributed by atoms with Crippen LogP contribution < -0.4 is 0 Å². The number of sulfonamides is 1. The molecule has 0 N–H and O–H groups in total. The number of carbonyl (C=O) groups excluding carboxylic acids is 2. The lowest BCUT2D eigenvalue weighted by molar-refractivity contribution is -0.130. The Balaban J connectivity index is 1.61. The van der Waals surface area contributed by atoms with E-state index in [0.29, 0.717) is 18.7 Å². The quantitative estimate of drug-likeness (QED) is 0.702. The number of nitrogens with zero attached hydrogens (tertiary/aromatic N) is 4. The maximum Gasteiger partial charge on any atom is 0.327 e. The molecule has 1 aromatic heterocycles. The van der Waals surface area contributed by atoms with Crippen molar-refractivity contribution in [3.8, 4) is 0 Å². The zero-order valence-corrected chi connectivity index (χ0v) is 17.1. The van der Waals surface area contributed by atoms with Crippen molar-refractivity contribution in [2.75, 3.05) is 19.6 Å². The van der Waals surface area contributed by atoms with Crippen molar-refractivity contribution in [2.24, 2.45) is 0 Å². The number of carbonyl (C=O) groups is 2. The summed E-state index contributed by atoms with van der Waals surface area (Å²) in [6, 6.07) is -1.08. The molecule has 2 saturated heterocycles. The van der Waals surface area contributed by atoms with Gasteiger partial charge in [0.2, 0.25) is 10.0 Å². The second-order valence-electron chi connectivity index (χ2n) is 7.86. The summed E-state index contributed by atoms with van der Waals surface area (Å²) in [6.45, 7) is 3.75. The number of rotatable bonds is 3. The van der Waals surface area contributed by atoms with E-state index in [-0.39, 0.29) is 41.7 Å². The van der Waals surface area contributed by atoms with Gasteiger partial charge in [0.05, 0.1) is 0 Å². The van der Waals surface area contributed by atoms with Gasteiger partial charge in [-0.05, 0) is 33.1 Å². The van der Waals surface area contributed by atoms with Crippen LogP contribution in [0.15, 0.2) is 9.42 Å². The molecule has 2 aliphatic heterocycles. The summed E-state index contributed by atoms with van der Waals surface area (Å²) in [4.78, 5) is 29.1. The van der Waals surface area contributed by atoms with Gasteiger partial charge in [-0.3, -0.25) is 9.69 Å². The number of hydrogen-bond acceptors (Lipinski definition) is 6. The molecule has 1 atom stereocenters. The Morgan fingerprint density at radius 3 is 2.39 bits per heavy atom. The van der Waals surface area contributed by atoms with Crippen molar-refractivity contribution < 1.29 is 22.5 Å². The predicted octanol–water partition coefficient (Wildman–Crippen LogP) is 1.65. The first kappa shape index (κ1) is 19.4. The predicted molar refractivity (Wildman–Crippen MR) is 99.0 cm³/mol. The standard InChI is InChI=1S/C18H26N4O5S/c1-12-16(13(2)27-19-12)28(25,26)20-9-6-10-21-15(11-20)17(23)22(18(21)24)14-7-4-3-5-8-14/h14-15H,3-11H2,1-2H3. The van der Waals surface area contributed by atoms with E-state index < -0.39 is 16.1 Å². The van der Waals surface area contributed by atoms with Gasteiger partial charge in [0.15, 0.2) is 5.76 Å². The van der Waals surface area contributed by atoms with Crippen LogP contribution in [0.1, 0.15) is 50.0 Å². The second-order valence-corrected chi connectivity index (χ2v) is 9.74. The molecule has 0 radical (unpaired) electrons. The first-order valence-electron chi connectivity index (χ1n) is 9.89. The molecule has 3 fully saturated rings. The van der Waals surface area contributed by atoms with Crippen LogP contribution in [0.25, 0.3) is 0 Å². The summed E-state index contributed by atoms with van der Waals surface area (Å²) in [5.74, 6) is -0.0333. The highest BCUT2D eigenvalue weighted by atomic mass is 32.2. The summed E-state index contributed by atoms with van der Waals surface area (Å²) >= 11 is 0. The lowest BCUT2D eigenvalue weighted by Gasteiger charge is -2.29. The fraction of sp³-hybridized carbons (Fsp3) is 0.722. The van der Waals surface area contributed by atoms with Gasteiger partial charge in [-0.25, -0.2) is 13.2 Å². The molecule has 0 bridgehead atoms. The Kier molecular flexibility index (Phi) is 4.95. The normalized spacial score (nSPS) is 25.3. The number of imide groups is 1. The maximum absolute atomic E-state index is 13.2. The minimum absolute atomic E-state index is 0.0276. The van der Waals surface area contributed by atoms with Crippen LogP contribution in [0.4, 0.5) is 4.79 Å². The van der Waals surface area contributed by atoms with Crippen molar-refractivity contribution in [2.45, 2.75) is 69.4 Å². The van der Waals surface area contributed by atoms with Crippen molar-refractivity contribution in [3.05, 3.63) is 11.5 Å². The topological polar surface area (TPSA) is 104 Å². The zero-order valence-electron chi connectivity index (χ0n) is 16.3.